The van der Waals surface area contributed by atoms with Gasteiger partial charge in [-0.1, -0.05) is 6.07 Å². The Morgan fingerprint density at radius 3 is 2.88 bits per heavy atom. The number of hydrogen-bond donors (Lipinski definition) is 1. The van der Waals surface area contributed by atoms with Crippen LogP contribution in [0.4, 0.5) is 5.69 Å². The zero-order valence-corrected chi connectivity index (χ0v) is 10.1. The second kappa shape index (κ2) is 4.85. The Hall–Kier alpha value is -1.06. The predicted molar refractivity (Wildman–Crippen MR) is 66.1 cm³/mol. The number of fused-ring (bicyclic) bond motifs is 1. The van der Waals surface area contributed by atoms with Gasteiger partial charge in [0.15, 0.2) is 0 Å². The van der Waals surface area contributed by atoms with Crippen molar-refractivity contribution in [1.82, 2.24) is 4.90 Å². The van der Waals surface area contributed by atoms with Crippen molar-refractivity contribution in [2.24, 2.45) is 0 Å². The molecule has 0 amide bonds. The molecular formula is C13H20N2O. The minimum Gasteiger partial charge on any atom is -0.399 e. The number of nitrogen functional groups attached to an aromatic ring is 1. The molecule has 3 heteroatoms. The van der Waals surface area contributed by atoms with Crippen LogP contribution in [0.3, 0.4) is 0 Å². The highest BCUT2D eigenvalue weighted by Crippen LogP contribution is 2.24. The van der Waals surface area contributed by atoms with Gasteiger partial charge in [0.05, 0.1) is 6.10 Å². The zero-order valence-electron chi connectivity index (χ0n) is 10.1. The minimum absolute atomic E-state index is 0.302. The van der Waals surface area contributed by atoms with Gasteiger partial charge in [-0.3, -0.25) is 4.90 Å². The van der Waals surface area contributed by atoms with E-state index in [0.29, 0.717) is 6.10 Å². The van der Waals surface area contributed by atoms with E-state index in [1.165, 1.54) is 11.1 Å². The highest BCUT2D eigenvalue weighted by molar-refractivity contribution is 5.46. The minimum atomic E-state index is 0.302. The molecular weight excluding hydrogens is 200 g/mol. The van der Waals surface area contributed by atoms with E-state index < -0.39 is 0 Å². The Kier molecular flexibility index (Phi) is 3.46. The fourth-order valence-electron chi connectivity index (χ4n) is 2.31. The van der Waals surface area contributed by atoms with Crippen LogP contribution in [0.25, 0.3) is 0 Å². The van der Waals surface area contributed by atoms with E-state index >= 15 is 0 Å². The average molecular weight is 220 g/mol. The van der Waals surface area contributed by atoms with Crippen LogP contribution in [-0.4, -0.2) is 24.2 Å². The summed E-state index contributed by atoms with van der Waals surface area (Å²) in [6.07, 6.45) is 0.302. The molecule has 3 nitrogen and oxygen atoms in total. The Bertz CT molecular complexity index is 365. The first-order valence-corrected chi connectivity index (χ1v) is 5.90. The van der Waals surface area contributed by atoms with Gasteiger partial charge >= 0.3 is 0 Å². The fraction of sp³-hybridized carbons (Fsp3) is 0.538. The van der Waals surface area contributed by atoms with E-state index in [2.05, 4.69) is 24.0 Å². The van der Waals surface area contributed by atoms with Crippen molar-refractivity contribution in [3.63, 3.8) is 0 Å². The quantitative estimate of drug-likeness (QED) is 0.789. The number of benzene rings is 1. The van der Waals surface area contributed by atoms with Crippen molar-refractivity contribution >= 4 is 5.69 Å². The lowest BCUT2D eigenvalue weighted by molar-refractivity contribution is 0.0448. The van der Waals surface area contributed by atoms with Gasteiger partial charge in [0.25, 0.3) is 0 Å². The third kappa shape index (κ3) is 2.54. The van der Waals surface area contributed by atoms with Crippen LogP contribution in [0.5, 0.6) is 0 Å². The maximum atomic E-state index is 5.78. The molecule has 2 N–H and O–H groups in total. The molecule has 1 aromatic rings. The standard InChI is InChI=1S/C13H20N2O/c1-3-16-10(2)7-15-8-11-4-5-13(14)6-12(11)9-15/h4-6,10H,3,7-9,14H2,1-2H3. The van der Waals surface area contributed by atoms with Crippen LogP contribution in [0.15, 0.2) is 18.2 Å². The zero-order chi connectivity index (χ0) is 11.5. The number of nitrogens with zero attached hydrogens (tertiary/aromatic N) is 1. The average Bonchev–Trinajstić information content (AvgIpc) is 2.59. The molecule has 0 saturated heterocycles. The molecule has 1 aromatic carbocycles. The molecule has 0 aromatic heterocycles. The summed E-state index contributed by atoms with van der Waals surface area (Å²) in [6, 6.07) is 6.20. The number of rotatable bonds is 4. The summed E-state index contributed by atoms with van der Waals surface area (Å²) >= 11 is 0. The predicted octanol–water partition coefficient (Wildman–Crippen LogP) is 2.01. The SMILES string of the molecule is CCOC(C)CN1Cc2ccc(N)cc2C1. The van der Waals surface area contributed by atoms with Gasteiger partial charge < -0.3 is 10.5 Å². The maximum absolute atomic E-state index is 5.78. The Labute approximate surface area is 97.2 Å². The molecule has 1 aliphatic rings. The molecule has 0 saturated carbocycles. The Morgan fingerprint density at radius 1 is 1.38 bits per heavy atom. The van der Waals surface area contributed by atoms with E-state index in [4.69, 9.17) is 10.5 Å². The van der Waals surface area contributed by atoms with E-state index in [0.717, 1.165) is 31.9 Å². The molecule has 1 aliphatic heterocycles. The molecule has 0 radical (unpaired) electrons. The molecule has 88 valence electrons. The van der Waals surface area contributed by atoms with Gasteiger partial charge in [-0.25, -0.2) is 0 Å². The van der Waals surface area contributed by atoms with E-state index in [1.54, 1.807) is 0 Å². The van der Waals surface area contributed by atoms with Crippen molar-refractivity contribution in [3.05, 3.63) is 29.3 Å². The smallest absolute Gasteiger partial charge is 0.0673 e. The molecule has 0 fully saturated rings. The normalized spacial score (nSPS) is 17.4. The lowest BCUT2D eigenvalue weighted by Gasteiger charge is -2.19. The van der Waals surface area contributed by atoms with Crippen LogP contribution < -0.4 is 5.73 Å². The van der Waals surface area contributed by atoms with Gasteiger partial charge in [0, 0.05) is 31.9 Å². The lowest BCUT2D eigenvalue weighted by atomic mass is 10.1. The van der Waals surface area contributed by atoms with Crippen molar-refractivity contribution in [1.29, 1.82) is 0 Å². The first kappa shape index (κ1) is 11.4. The van der Waals surface area contributed by atoms with Crippen LogP contribution in [-0.2, 0) is 17.8 Å². The van der Waals surface area contributed by atoms with Gasteiger partial charge in [-0.05, 0) is 37.1 Å². The number of hydrogen-bond acceptors (Lipinski definition) is 3. The summed E-state index contributed by atoms with van der Waals surface area (Å²) in [5, 5.41) is 0. The second-order valence-corrected chi connectivity index (χ2v) is 4.46. The largest absolute Gasteiger partial charge is 0.399 e. The number of anilines is 1. The third-order valence-electron chi connectivity index (χ3n) is 2.98. The van der Waals surface area contributed by atoms with E-state index in [1.807, 2.05) is 13.0 Å². The van der Waals surface area contributed by atoms with Crippen molar-refractivity contribution in [2.75, 3.05) is 18.9 Å². The summed E-state index contributed by atoms with van der Waals surface area (Å²) in [6.45, 7) is 7.96. The van der Waals surface area contributed by atoms with Gasteiger partial charge in [0.2, 0.25) is 0 Å². The Balaban J connectivity index is 1.95. The van der Waals surface area contributed by atoms with Crippen LogP contribution in [0.2, 0.25) is 0 Å². The summed E-state index contributed by atoms with van der Waals surface area (Å²) in [7, 11) is 0. The summed E-state index contributed by atoms with van der Waals surface area (Å²) in [4.78, 5) is 2.41. The highest BCUT2D eigenvalue weighted by Gasteiger charge is 2.20. The lowest BCUT2D eigenvalue weighted by Crippen LogP contribution is -2.28. The topological polar surface area (TPSA) is 38.5 Å². The van der Waals surface area contributed by atoms with Crippen LogP contribution in [0, 0.1) is 0 Å². The molecule has 1 heterocycles. The van der Waals surface area contributed by atoms with E-state index in [9.17, 15) is 0 Å². The van der Waals surface area contributed by atoms with Gasteiger partial charge in [-0.2, -0.15) is 0 Å². The molecule has 2 rings (SSSR count). The van der Waals surface area contributed by atoms with E-state index in [-0.39, 0.29) is 0 Å². The van der Waals surface area contributed by atoms with Crippen LogP contribution >= 0.6 is 0 Å². The molecule has 0 spiro atoms. The van der Waals surface area contributed by atoms with Crippen molar-refractivity contribution in [2.45, 2.75) is 33.0 Å². The molecule has 16 heavy (non-hydrogen) atoms. The Morgan fingerprint density at radius 2 is 2.12 bits per heavy atom. The third-order valence-corrected chi connectivity index (χ3v) is 2.98. The monoisotopic (exact) mass is 220 g/mol. The molecule has 1 atom stereocenters. The molecule has 0 aliphatic carbocycles. The molecule has 1 unspecified atom stereocenters. The highest BCUT2D eigenvalue weighted by atomic mass is 16.5. The van der Waals surface area contributed by atoms with Crippen molar-refractivity contribution < 1.29 is 4.74 Å². The van der Waals surface area contributed by atoms with Crippen molar-refractivity contribution in [3.8, 4) is 0 Å². The first-order chi connectivity index (χ1) is 7.69. The fourth-order valence-corrected chi connectivity index (χ4v) is 2.31. The van der Waals surface area contributed by atoms with Gasteiger partial charge in [-0.15, -0.1) is 0 Å². The number of ether oxygens (including phenoxy) is 1. The summed E-state index contributed by atoms with van der Waals surface area (Å²) in [5.74, 6) is 0. The van der Waals surface area contributed by atoms with Gasteiger partial charge in [0.1, 0.15) is 0 Å². The molecule has 0 bridgehead atoms. The summed E-state index contributed by atoms with van der Waals surface area (Å²) < 4.78 is 5.56. The first-order valence-electron chi connectivity index (χ1n) is 5.90. The summed E-state index contributed by atoms with van der Waals surface area (Å²) in [5.41, 5.74) is 9.41. The second-order valence-electron chi connectivity index (χ2n) is 4.46. The van der Waals surface area contributed by atoms with Crippen LogP contribution in [0.1, 0.15) is 25.0 Å². The maximum Gasteiger partial charge on any atom is 0.0673 e. The number of nitrogens with two attached hydrogens (primary N) is 1.